The van der Waals surface area contributed by atoms with E-state index in [9.17, 15) is 0 Å². The molecular weight excluding hydrogens is 276 g/mol. The molecule has 1 atom stereocenters. The van der Waals surface area contributed by atoms with Crippen LogP contribution in [0.1, 0.15) is 77.0 Å². The van der Waals surface area contributed by atoms with Crippen molar-refractivity contribution in [1.29, 1.82) is 5.26 Å². The SMILES string of the molecule is N#CC1CCCCCCCCCCCC#CONNNCC1. The van der Waals surface area contributed by atoms with E-state index in [2.05, 4.69) is 34.6 Å². The summed E-state index contributed by atoms with van der Waals surface area (Å²) in [6.07, 6.45) is 16.8. The van der Waals surface area contributed by atoms with Crippen molar-refractivity contribution in [3.8, 4) is 18.1 Å². The van der Waals surface area contributed by atoms with Gasteiger partial charge in [-0.1, -0.05) is 62.9 Å². The second-order valence-corrected chi connectivity index (χ2v) is 5.87. The maximum Gasteiger partial charge on any atom is 0.139 e. The van der Waals surface area contributed by atoms with E-state index in [4.69, 9.17) is 10.1 Å². The average molecular weight is 306 g/mol. The van der Waals surface area contributed by atoms with Crippen LogP contribution in [0.5, 0.6) is 0 Å². The molecule has 1 heterocycles. The fourth-order valence-electron chi connectivity index (χ4n) is 2.60. The Morgan fingerprint density at radius 1 is 0.909 bits per heavy atom. The molecule has 1 aliphatic heterocycles. The van der Waals surface area contributed by atoms with E-state index in [0.717, 1.165) is 32.2 Å². The monoisotopic (exact) mass is 306 g/mol. The van der Waals surface area contributed by atoms with Crippen LogP contribution in [0.3, 0.4) is 0 Å². The second kappa shape index (κ2) is 14.7. The second-order valence-electron chi connectivity index (χ2n) is 5.87. The Balaban J connectivity index is 2.22. The zero-order chi connectivity index (χ0) is 15.7. The quantitative estimate of drug-likeness (QED) is 0.599. The standard InChI is InChI=1S/C17H30N4O/c18-16-17-12-10-8-6-4-2-1-3-5-7-9-11-15-22-21-20-19-14-13-17/h17,19-21H,1-10,12-14H2. The van der Waals surface area contributed by atoms with Crippen molar-refractivity contribution >= 4 is 0 Å². The number of hydrogen-bond donors (Lipinski definition) is 3. The normalized spacial score (nSPS) is 24.0. The molecule has 0 radical (unpaired) electrons. The zero-order valence-corrected chi connectivity index (χ0v) is 13.6. The molecule has 0 fully saturated rings. The first-order chi connectivity index (χ1) is 10.9. The van der Waals surface area contributed by atoms with Gasteiger partial charge in [-0.05, 0) is 19.3 Å². The van der Waals surface area contributed by atoms with E-state index in [-0.39, 0.29) is 5.92 Å². The van der Waals surface area contributed by atoms with Crippen molar-refractivity contribution in [3.05, 3.63) is 0 Å². The summed E-state index contributed by atoms with van der Waals surface area (Å²) < 4.78 is 0. The van der Waals surface area contributed by atoms with E-state index < -0.39 is 0 Å². The lowest BCUT2D eigenvalue weighted by Crippen LogP contribution is -2.43. The third-order valence-electron chi connectivity index (χ3n) is 3.97. The van der Waals surface area contributed by atoms with Gasteiger partial charge in [0.25, 0.3) is 0 Å². The molecule has 0 aromatic carbocycles. The number of rotatable bonds is 0. The summed E-state index contributed by atoms with van der Waals surface area (Å²) in [5.74, 6) is 3.12. The van der Waals surface area contributed by atoms with Gasteiger partial charge in [0, 0.05) is 18.9 Å². The van der Waals surface area contributed by atoms with Gasteiger partial charge >= 0.3 is 0 Å². The lowest BCUT2D eigenvalue weighted by Gasteiger charge is -2.10. The Labute approximate surface area is 135 Å². The van der Waals surface area contributed by atoms with E-state index in [1.165, 1.54) is 51.4 Å². The summed E-state index contributed by atoms with van der Waals surface area (Å²) in [6.45, 7) is 0.724. The predicted molar refractivity (Wildman–Crippen MR) is 87.6 cm³/mol. The van der Waals surface area contributed by atoms with Gasteiger partial charge in [0.2, 0.25) is 0 Å². The van der Waals surface area contributed by atoms with Gasteiger partial charge in [-0.3, -0.25) is 0 Å². The highest BCUT2D eigenvalue weighted by Crippen LogP contribution is 2.15. The minimum Gasteiger partial charge on any atom is -0.340 e. The lowest BCUT2D eigenvalue weighted by atomic mass is 9.98. The number of hydrazine groups is 2. The fourth-order valence-corrected chi connectivity index (χ4v) is 2.60. The smallest absolute Gasteiger partial charge is 0.139 e. The highest BCUT2D eigenvalue weighted by Gasteiger charge is 2.06. The van der Waals surface area contributed by atoms with Crippen molar-refractivity contribution < 1.29 is 4.84 Å². The van der Waals surface area contributed by atoms with Crippen molar-refractivity contribution in [1.82, 2.24) is 16.5 Å². The Kier molecular flexibility index (Phi) is 12.5. The van der Waals surface area contributed by atoms with Crippen LogP contribution in [0.15, 0.2) is 0 Å². The summed E-state index contributed by atoms with van der Waals surface area (Å²) in [6, 6.07) is 2.40. The molecule has 5 nitrogen and oxygen atoms in total. The van der Waals surface area contributed by atoms with Crippen LogP contribution in [-0.2, 0) is 4.84 Å². The first kappa shape index (κ1) is 18.8. The topological polar surface area (TPSA) is 69.1 Å². The van der Waals surface area contributed by atoms with Gasteiger partial charge < -0.3 is 4.84 Å². The lowest BCUT2D eigenvalue weighted by molar-refractivity contribution is 0.0954. The highest BCUT2D eigenvalue weighted by atomic mass is 16.7. The van der Waals surface area contributed by atoms with Crippen molar-refractivity contribution in [2.24, 2.45) is 5.92 Å². The molecule has 5 heteroatoms. The van der Waals surface area contributed by atoms with Gasteiger partial charge in [-0.15, -0.1) is 0 Å². The van der Waals surface area contributed by atoms with Crippen LogP contribution in [0.2, 0.25) is 0 Å². The Hall–Kier alpha value is -1.27. The summed E-state index contributed by atoms with van der Waals surface area (Å²) in [4.78, 5) is 4.92. The molecule has 0 aromatic heterocycles. The molecule has 0 aromatic rings. The summed E-state index contributed by atoms with van der Waals surface area (Å²) in [7, 11) is 0. The Bertz CT molecular complexity index is 356. The molecule has 1 rings (SSSR count). The largest absolute Gasteiger partial charge is 0.340 e. The minimum absolute atomic E-state index is 0.139. The molecule has 22 heavy (non-hydrogen) atoms. The minimum atomic E-state index is 0.139. The molecule has 0 saturated carbocycles. The van der Waals surface area contributed by atoms with E-state index in [0.29, 0.717) is 0 Å². The molecular formula is C17H30N4O. The number of hydrogen-bond acceptors (Lipinski definition) is 5. The average Bonchev–Trinajstić information content (AvgIpc) is 2.54. The third-order valence-corrected chi connectivity index (χ3v) is 3.97. The molecule has 0 aliphatic carbocycles. The summed E-state index contributed by atoms with van der Waals surface area (Å²) in [5, 5.41) is 9.15. The molecule has 1 aliphatic rings. The third kappa shape index (κ3) is 11.4. The summed E-state index contributed by atoms with van der Waals surface area (Å²) >= 11 is 0. The van der Waals surface area contributed by atoms with Crippen LogP contribution in [0.25, 0.3) is 0 Å². The molecule has 124 valence electrons. The van der Waals surface area contributed by atoms with Crippen LogP contribution in [-0.4, -0.2) is 6.54 Å². The van der Waals surface area contributed by atoms with Crippen LogP contribution < -0.4 is 16.5 Å². The maximum atomic E-state index is 9.15. The highest BCUT2D eigenvalue weighted by molar-refractivity contribution is 4.90. The van der Waals surface area contributed by atoms with Crippen LogP contribution in [0.4, 0.5) is 0 Å². The first-order valence-electron chi connectivity index (χ1n) is 8.69. The van der Waals surface area contributed by atoms with Gasteiger partial charge in [-0.25, -0.2) is 5.43 Å². The maximum absolute atomic E-state index is 9.15. The van der Waals surface area contributed by atoms with E-state index in [1.807, 2.05) is 0 Å². The van der Waals surface area contributed by atoms with E-state index in [1.54, 1.807) is 0 Å². The van der Waals surface area contributed by atoms with Crippen molar-refractivity contribution in [2.45, 2.75) is 77.0 Å². The predicted octanol–water partition coefficient (Wildman–Crippen LogP) is 3.31. The van der Waals surface area contributed by atoms with Crippen molar-refractivity contribution in [3.63, 3.8) is 0 Å². The van der Waals surface area contributed by atoms with Crippen LogP contribution in [0, 0.1) is 29.3 Å². The van der Waals surface area contributed by atoms with Gasteiger partial charge in [0.1, 0.15) is 6.11 Å². The number of nitrogens with one attached hydrogen (secondary N) is 3. The molecule has 0 saturated heterocycles. The van der Waals surface area contributed by atoms with E-state index >= 15 is 0 Å². The Morgan fingerprint density at radius 2 is 1.59 bits per heavy atom. The van der Waals surface area contributed by atoms with Crippen molar-refractivity contribution in [2.75, 3.05) is 6.54 Å². The zero-order valence-electron chi connectivity index (χ0n) is 13.6. The first-order valence-corrected chi connectivity index (χ1v) is 8.69. The number of nitrogens with zero attached hydrogens (tertiary/aromatic N) is 1. The van der Waals surface area contributed by atoms with Gasteiger partial charge in [0.05, 0.1) is 6.07 Å². The van der Waals surface area contributed by atoms with Gasteiger partial charge in [0.15, 0.2) is 0 Å². The van der Waals surface area contributed by atoms with Crippen LogP contribution >= 0.6 is 0 Å². The number of nitriles is 1. The molecule has 0 amide bonds. The molecule has 0 spiro atoms. The Morgan fingerprint density at radius 3 is 2.32 bits per heavy atom. The molecule has 1 unspecified atom stereocenters. The molecule has 3 N–H and O–H groups in total. The van der Waals surface area contributed by atoms with Gasteiger partial charge in [-0.2, -0.15) is 10.8 Å². The fraction of sp³-hybridized carbons (Fsp3) is 0.824. The molecule has 0 bridgehead atoms. The summed E-state index contributed by atoms with van der Waals surface area (Å²) in [5.41, 5.74) is 8.21.